The van der Waals surface area contributed by atoms with Gasteiger partial charge in [-0.25, -0.2) is 4.98 Å². The number of aromatic nitrogens is 1. The van der Waals surface area contributed by atoms with Crippen LogP contribution in [-0.4, -0.2) is 29.0 Å². The Hall–Kier alpha value is -4.44. The van der Waals surface area contributed by atoms with Crippen LogP contribution in [0, 0.1) is 0 Å². The molecule has 190 valence electrons. The fourth-order valence-corrected chi connectivity index (χ4v) is 4.14. The van der Waals surface area contributed by atoms with E-state index in [0.29, 0.717) is 27.7 Å². The molecule has 2 amide bonds. The third kappa shape index (κ3) is 6.04. The molecule has 0 aliphatic rings. The molecule has 0 saturated carbocycles. The van der Waals surface area contributed by atoms with E-state index in [4.69, 9.17) is 10.5 Å². The topological polar surface area (TPSA) is 139 Å². The van der Waals surface area contributed by atoms with Crippen molar-refractivity contribution in [1.29, 1.82) is 0 Å². The number of nitrogens with zero attached hydrogens (tertiary/aromatic N) is 1. The van der Waals surface area contributed by atoms with E-state index in [2.05, 4.69) is 33.6 Å². The zero-order valence-electron chi connectivity index (χ0n) is 20.3. The van der Waals surface area contributed by atoms with Crippen LogP contribution in [0.4, 0.5) is 17.2 Å². The maximum atomic E-state index is 13.5. The highest BCUT2D eigenvalue weighted by molar-refractivity contribution is 7.80. The number of nitrogens with one attached hydrogen (secondary N) is 3. The number of carbonyl (C=O) groups is 2. The fourth-order valence-electron chi connectivity index (χ4n) is 3.92. The van der Waals surface area contributed by atoms with Crippen LogP contribution >= 0.6 is 12.6 Å². The molecule has 10 heteroatoms. The van der Waals surface area contributed by atoms with Crippen molar-refractivity contribution >= 4 is 52.4 Å². The Morgan fingerprint density at radius 2 is 1.86 bits per heavy atom. The van der Waals surface area contributed by atoms with Gasteiger partial charge >= 0.3 is 0 Å². The summed E-state index contributed by atoms with van der Waals surface area (Å²) in [6, 6.07) is 16.6. The molecule has 0 spiro atoms. The predicted molar refractivity (Wildman–Crippen MR) is 147 cm³/mol. The molecule has 3 aromatic carbocycles. The van der Waals surface area contributed by atoms with Gasteiger partial charge in [0.15, 0.2) is 11.5 Å². The van der Waals surface area contributed by atoms with E-state index in [0.717, 1.165) is 16.3 Å². The highest BCUT2D eigenvalue weighted by atomic mass is 32.1. The van der Waals surface area contributed by atoms with Gasteiger partial charge in [-0.05, 0) is 71.1 Å². The summed E-state index contributed by atoms with van der Waals surface area (Å²) < 4.78 is 5.25. The van der Waals surface area contributed by atoms with Crippen molar-refractivity contribution in [3.8, 4) is 11.5 Å². The molecular formula is C27H27N5O4S. The van der Waals surface area contributed by atoms with E-state index in [9.17, 15) is 14.7 Å². The maximum Gasteiger partial charge on any atom is 0.247 e. The maximum absolute atomic E-state index is 13.5. The zero-order chi connectivity index (χ0) is 26.5. The van der Waals surface area contributed by atoms with Crippen molar-refractivity contribution in [1.82, 2.24) is 10.3 Å². The van der Waals surface area contributed by atoms with Gasteiger partial charge in [-0.15, -0.1) is 12.6 Å². The third-order valence-corrected chi connectivity index (χ3v) is 6.19. The SMILES string of the molecule is COc1cc([C@@H](Nc2ccc3c(N)nccc3c2)C(=O)NCc2cc(NC(C)=O)ccc2S)ccc1O. The highest BCUT2D eigenvalue weighted by Crippen LogP contribution is 2.32. The van der Waals surface area contributed by atoms with Gasteiger partial charge < -0.3 is 31.5 Å². The van der Waals surface area contributed by atoms with Gasteiger partial charge in [-0.2, -0.15) is 0 Å². The number of nitrogens with two attached hydrogens (primary N) is 1. The summed E-state index contributed by atoms with van der Waals surface area (Å²) >= 11 is 4.48. The molecule has 0 fully saturated rings. The van der Waals surface area contributed by atoms with Crippen LogP contribution in [0.1, 0.15) is 24.1 Å². The molecule has 4 rings (SSSR count). The quantitative estimate of drug-likeness (QED) is 0.192. The first-order chi connectivity index (χ1) is 17.7. The summed E-state index contributed by atoms with van der Waals surface area (Å²) in [5, 5.41) is 20.7. The molecule has 0 unspecified atom stereocenters. The van der Waals surface area contributed by atoms with E-state index in [-0.39, 0.29) is 29.9 Å². The first-order valence-electron chi connectivity index (χ1n) is 11.4. The first-order valence-corrected chi connectivity index (χ1v) is 11.8. The van der Waals surface area contributed by atoms with Crippen molar-refractivity contribution < 1.29 is 19.4 Å². The number of hydrogen-bond acceptors (Lipinski definition) is 8. The Morgan fingerprint density at radius 1 is 1.08 bits per heavy atom. The lowest BCUT2D eigenvalue weighted by Crippen LogP contribution is -2.33. The van der Waals surface area contributed by atoms with Crippen molar-refractivity contribution in [2.75, 3.05) is 23.5 Å². The summed E-state index contributed by atoms with van der Waals surface area (Å²) in [5.41, 5.74) is 8.59. The van der Waals surface area contributed by atoms with Crippen LogP contribution in [0.3, 0.4) is 0 Å². The molecule has 6 N–H and O–H groups in total. The molecule has 0 bridgehead atoms. The van der Waals surface area contributed by atoms with E-state index >= 15 is 0 Å². The van der Waals surface area contributed by atoms with Crippen molar-refractivity contribution in [2.24, 2.45) is 0 Å². The van der Waals surface area contributed by atoms with Crippen LogP contribution in [0.2, 0.25) is 0 Å². The molecule has 0 radical (unpaired) electrons. The Morgan fingerprint density at radius 3 is 2.62 bits per heavy atom. The minimum absolute atomic E-state index is 0.0337. The summed E-state index contributed by atoms with van der Waals surface area (Å²) in [6.45, 7) is 1.61. The molecule has 9 nitrogen and oxygen atoms in total. The zero-order valence-corrected chi connectivity index (χ0v) is 21.2. The smallest absolute Gasteiger partial charge is 0.247 e. The lowest BCUT2D eigenvalue weighted by atomic mass is 10.0. The van der Waals surface area contributed by atoms with Crippen molar-refractivity contribution in [3.63, 3.8) is 0 Å². The Balaban J connectivity index is 1.63. The Bertz CT molecular complexity index is 1480. The van der Waals surface area contributed by atoms with E-state index < -0.39 is 6.04 Å². The number of benzene rings is 3. The van der Waals surface area contributed by atoms with E-state index in [1.807, 2.05) is 24.3 Å². The lowest BCUT2D eigenvalue weighted by molar-refractivity contribution is -0.122. The number of amides is 2. The predicted octanol–water partition coefficient (Wildman–Crippen LogP) is 4.25. The number of carbonyl (C=O) groups excluding carboxylic acids is 2. The largest absolute Gasteiger partial charge is 0.504 e. The third-order valence-electron chi connectivity index (χ3n) is 5.76. The molecule has 1 aromatic heterocycles. The number of ether oxygens (including phenoxy) is 1. The molecule has 4 aromatic rings. The highest BCUT2D eigenvalue weighted by Gasteiger charge is 2.22. The number of hydrogen-bond donors (Lipinski definition) is 6. The second-order valence-electron chi connectivity index (χ2n) is 8.38. The van der Waals surface area contributed by atoms with E-state index in [1.165, 1.54) is 20.1 Å². The Kier molecular flexibility index (Phi) is 7.69. The molecule has 37 heavy (non-hydrogen) atoms. The molecular weight excluding hydrogens is 490 g/mol. The Labute approximate surface area is 219 Å². The van der Waals surface area contributed by atoms with Crippen molar-refractivity contribution in [3.05, 3.63) is 78.0 Å². The van der Waals surface area contributed by atoms with Crippen LogP contribution < -0.4 is 26.4 Å². The summed E-state index contributed by atoms with van der Waals surface area (Å²) in [4.78, 5) is 29.7. The molecule has 0 aliphatic carbocycles. The fraction of sp³-hybridized carbons (Fsp3) is 0.148. The molecule has 0 aliphatic heterocycles. The molecule has 1 heterocycles. The number of thiol groups is 1. The van der Waals surface area contributed by atoms with E-state index in [1.54, 1.807) is 36.5 Å². The monoisotopic (exact) mass is 517 g/mol. The van der Waals surface area contributed by atoms with Gasteiger partial charge in [-0.1, -0.05) is 6.07 Å². The number of phenolic OH excluding ortho intramolecular Hbond substituents is 1. The second-order valence-corrected chi connectivity index (χ2v) is 8.87. The number of anilines is 3. The minimum Gasteiger partial charge on any atom is -0.504 e. The normalized spacial score (nSPS) is 11.5. The summed E-state index contributed by atoms with van der Waals surface area (Å²) in [5.74, 6) is 0.120. The van der Waals surface area contributed by atoms with Crippen LogP contribution in [0.25, 0.3) is 10.8 Å². The number of methoxy groups -OCH3 is 1. The van der Waals surface area contributed by atoms with Gasteiger partial charge in [0.1, 0.15) is 11.9 Å². The molecule has 0 saturated heterocycles. The number of fused-ring (bicyclic) bond motifs is 1. The van der Waals surface area contributed by atoms with Gasteiger partial charge in [0, 0.05) is 41.3 Å². The lowest BCUT2D eigenvalue weighted by Gasteiger charge is -2.21. The van der Waals surface area contributed by atoms with Gasteiger partial charge in [-0.3, -0.25) is 9.59 Å². The standard InChI is InChI=1S/C27H27N5O4S/c1-15(33)31-19-5-8-24(37)18(12-19)14-30-27(35)25(17-3-7-22(34)23(13-17)36-2)32-20-4-6-21-16(11-20)9-10-29-26(21)28/h3-13,25,32,34,37H,14H2,1-2H3,(H2,28,29)(H,30,35)(H,31,33)/t25-/m1/s1. The van der Waals surface area contributed by atoms with Gasteiger partial charge in [0.25, 0.3) is 0 Å². The number of phenols is 1. The summed E-state index contributed by atoms with van der Waals surface area (Å²) in [7, 11) is 1.44. The number of nitrogen functional groups attached to an aromatic ring is 1. The average molecular weight is 518 g/mol. The number of pyridine rings is 1. The summed E-state index contributed by atoms with van der Waals surface area (Å²) in [6.07, 6.45) is 1.63. The molecule has 1 atom stereocenters. The van der Waals surface area contributed by atoms with Crippen LogP contribution in [0.15, 0.2) is 71.8 Å². The first kappa shape index (κ1) is 25.6. The average Bonchev–Trinajstić information content (AvgIpc) is 2.87. The number of aromatic hydroxyl groups is 1. The number of rotatable bonds is 8. The van der Waals surface area contributed by atoms with Crippen molar-refractivity contribution in [2.45, 2.75) is 24.4 Å². The van der Waals surface area contributed by atoms with Crippen LogP contribution in [0.5, 0.6) is 11.5 Å². The van der Waals surface area contributed by atoms with Crippen LogP contribution in [-0.2, 0) is 16.1 Å². The minimum atomic E-state index is -0.826. The second kappa shape index (κ2) is 11.1. The van der Waals surface area contributed by atoms with Gasteiger partial charge in [0.05, 0.1) is 7.11 Å². The van der Waals surface area contributed by atoms with Gasteiger partial charge in [0.2, 0.25) is 11.8 Å².